The molecule has 10 aliphatic rings. The van der Waals surface area contributed by atoms with E-state index in [2.05, 4.69) is 33.9 Å². The monoisotopic (exact) mass is 727 g/mol. The zero-order valence-corrected chi connectivity index (χ0v) is 31.3. The number of ether oxygens (including phenoxy) is 8. The molecule has 0 aromatic carbocycles. The quantitative estimate of drug-likeness (QED) is 0.399. The fourth-order valence-electron chi connectivity index (χ4n) is 11.7. The van der Waals surface area contributed by atoms with Crippen molar-refractivity contribution in [3.05, 3.63) is 24.3 Å². The van der Waals surface area contributed by atoms with Crippen LogP contribution < -0.4 is 5.73 Å². The molecule has 12 bridgehead atoms. The van der Waals surface area contributed by atoms with Crippen molar-refractivity contribution in [1.82, 2.24) is 0 Å². The Morgan fingerprint density at radius 3 is 2.40 bits per heavy atom. The molecule has 19 atom stereocenters. The molecule has 10 aliphatic heterocycles. The average Bonchev–Trinajstić information content (AvgIpc) is 3.73. The van der Waals surface area contributed by atoms with E-state index in [0.29, 0.717) is 44.4 Å². The van der Waals surface area contributed by atoms with Crippen molar-refractivity contribution in [2.75, 3.05) is 6.54 Å². The van der Waals surface area contributed by atoms with Gasteiger partial charge in [0.05, 0.1) is 54.9 Å². The third kappa shape index (κ3) is 6.40. The first kappa shape index (κ1) is 36.4. The lowest BCUT2D eigenvalue weighted by molar-refractivity contribution is -0.294. The minimum absolute atomic E-state index is 0.00566. The summed E-state index contributed by atoms with van der Waals surface area (Å²) in [6.45, 7) is 15.6. The standard InChI is InChI=1S/C41H61NO10/c1-20-12-26-6-8-30-21(2)13-28(45-30)10-11-41-19-40(5)39(52-41)38-37(50-40)36(51-41)35-31(49-38)9-7-27(47-35)14-24(43)15-29-23(4)32(16-25(44)18-42)48-34(29)17-33(46-26)22(20)3/h20,23,25-39,44H,2-3,6-19,42H2,1,4-5H3/t20-,23-,25+,26+,27?,28+,29-,30?,31?,32?,33?,34+,35?,36+,37+,38-,39?,40+,41-/m1/s1. The third-order valence-corrected chi connectivity index (χ3v) is 14.6. The molecule has 7 unspecified atom stereocenters. The van der Waals surface area contributed by atoms with Crippen LogP contribution in [0.3, 0.4) is 0 Å². The molecule has 10 saturated heterocycles. The number of hydrogen-bond donors (Lipinski definition) is 2. The molecular formula is C41H61NO10. The van der Waals surface area contributed by atoms with E-state index >= 15 is 0 Å². The van der Waals surface area contributed by atoms with Gasteiger partial charge in [0.2, 0.25) is 0 Å². The van der Waals surface area contributed by atoms with Gasteiger partial charge in [-0.1, -0.05) is 27.0 Å². The zero-order chi connectivity index (χ0) is 36.1. The summed E-state index contributed by atoms with van der Waals surface area (Å²) in [6.07, 6.45) is 6.17. The molecule has 1 spiro atoms. The van der Waals surface area contributed by atoms with Crippen molar-refractivity contribution >= 4 is 5.78 Å². The molecule has 11 nitrogen and oxygen atoms in total. The number of carbonyl (C=O) groups excluding carboxylic acids is 1. The topological polar surface area (TPSA) is 137 Å². The fourth-order valence-corrected chi connectivity index (χ4v) is 11.7. The Balaban J connectivity index is 0.994. The van der Waals surface area contributed by atoms with Crippen LogP contribution in [-0.2, 0) is 42.7 Å². The van der Waals surface area contributed by atoms with E-state index in [4.69, 9.17) is 43.6 Å². The first-order valence-electron chi connectivity index (χ1n) is 20.5. The minimum Gasteiger partial charge on any atom is -0.392 e. The number of ketones is 1. The normalized spacial score (nSPS) is 53.8. The van der Waals surface area contributed by atoms with E-state index in [0.717, 1.165) is 56.1 Å². The van der Waals surface area contributed by atoms with Crippen LogP contribution in [0.2, 0.25) is 0 Å². The van der Waals surface area contributed by atoms with Crippen molar-refractivity contribution in [1.29, 1.82) is 0 Å². The highest BCUT2D eigenvalue weighted by Gasteiger charge is 2.73. The molecular weight excluding hydrogens is 666 g/mol. The Kier molecular flexibility index (Phi) is 9.62. The summed E-state index contributed by atoms with van der Waals surface area (Å²) in [5.74, 6) is -0.272. The van der Waals surface area contributed by atoms with Crippen molar-refractivity contribution in [2.45, 2.75) is 201 Å². The van der Waals surface area contributed by atoms with Crippen LogP contribution >= 0.6 is 0 Å². The van der Waals surface area contributed by atoms with Gasteiger partial charge in [0.15, 0.2) is 5.79 Å². The molecule has 3 N–H and O–H groups in total. The number of carbonyl (C=O) groups is 1. The van der Waals surface area contributed by atoms with E-state index in [1.165, 1.54) is 0 Å². The second-order valence-corrected chi connectivity index (χ2v) is 18.3. The number of hydrogen-bond acceptors (Lipinski definition) is 11. The molecule has 290 valence electrons. The lowest BCUT2D eigenvalue weighted by Gasteiger charge is -2.47. The number of aliphatic hydroxyl groups excluding tert-OH is 1. The van der Waals surface area contributed by atoms with E-state index in [1.54, 1.807) is 0 Å². The molecule has 0 radical (unpaired) electrons. The summed E-state index contributed by atoms with van der Waals surface area (Å²) >= 11 is 0. The van der Waals surface area contributed by atoms with Gasteiger partial charge >= 0.3 is 0 Å². The number of rotatable bonds is 3. The second-order valence-electron chi connectivity index (χ2n) is 18.3. The summed E-state index contributed by atoms with van der Waals surface area (Å²) in [5, 5.41) is 10.5. The molecule has 0 aliphatic carbocycles. The van der Waals surface area contributed by atoms with Crippen LogP contribution in [0.5, 0.6) is 0 Å². The lowest BCUT2D eigenvalue weighted by Crippen LogP contribution is -2.61. The first-order valence-corrected chi connectivity index (χ1v) is 20.5. The van der Waals surface area contributed by atoms with Gasteiger partial charge in [0.25, 0.3) is 0 Å². The Hall–Kier alpha value is -1.25. The highest BCUT2D eigenvalue weighted by molar-refractivity contribution is 5.79. The number of fused-ring (bicyclic) bond motifs is 6. The molecule has 0 amide bonds. The lowest BCUT2D eigenvalue weighted by atomic mass is 9.78. The van der Waals surface area contributed by atoms with Crippen LogP contribution in [0.1, 0.15) is 104 Å². The maximum Gasteiger partial charge on any atom is 0.172 e. The van der Waals surface area contributed by atoms with Gasteiger partial charge in [-0.2, -0.15) is 0 Å². The van der Waals surface area contributed by atoms with Gasteiger partial charge in [-0.15, -0.1) is 0 Å². The number of Topliss-reactive ketones (excluding diaryl/α,β-unsaturated/α-hetero) is 1. The predicted octanol–water partition coefficient (Wildman–Crippen LogP) is 4.45. The van der Waals surface area contributed by atoms with Crippen molar-refractivity contribution in [3.63, 3.8) is 0 Å². The number of aliphatic hydroxyl groups is 1. The smallest absolute Gasteiger partial charge is 0.172 e. The Morgan fingerprint density at radius 1 is 0.808 bits per heavy atom. The highest BCUT2D eigenvalue weighted by atomic mass is 16.8. The van der Waals surface area contributed by atoms with Crippen LogP contribution in [0.15, 0.2) is 24.3 Å². The summed E-state index contributed by atoms with van der Waals surface area (Å²) in [7, 11) is 0. The number of nitrogens with two attached hydrogens (primary N) is 1. The van der Waals surface area contributed by atoms with Crippen LogP contribution in [-0.4, -0.2) is 114 Å². The van der Waals surface area contributed by atoms with E-state index in [9.17, 15) is 9.90 Å². The molecule has 0 saturated carbocycles. The molecule has 52 heavy (non-hydrogen) atoms. The molecule has 11 heteroatoms. The third-order valence-electron chi connectivity index (χ3n) is 14.6. The first-order chi connectivity index (χ1) is 24.9. The molecule has 0 aromatic rings. The molecule has 10 heterocycles. The van der Waals surface area contributed by atoms with E-state index in [-0.39, 0.29) is 104 Å². The summed E-state index contributed by atoms with van der Waals surface area (Å²) in [4.78, 5) is 14.0. The summed E-state index contributed by atoms with van der Waals surface area (Å²) < 4.78 is 54.5. The maximum absolute atomic E-state index is 14.0. The van der Waals surface area contributed by atoms with E-state index < -0.39 is 17.5 Å². The largest absolute Gasteiger partial charge is 0.392 e. The highest BCUT2D eigenvalue weighted by Crippen LogP contribution is 2.58. The Labute approximate surface area is 308 Å². The Bertz CT molecular complexity index is 1410. The van der Waals surface area contributed by atoms with Gasteiger partial charge in [-0.25, -0.2) is 0 Å². The second kappa shape index (κ2) is 13.7. The average molecular weight is 728 g/mol. The van der Waals surface area contributed by atoms with Gasteiger partial charge in [-0.05, 0) is 80.8 Å². The Morgan fingerprint density at radius 2 is 1.58 bits per heavy atom. The molecule has 10 rings (SSSR count). The van der Waals surface area contributed by atoms with Crippen LogP contribution in [0.25, 0.3) is 0 Å². The minimum atomic E-state index is -0.803. The maximum atomic E-state index is 14.0. The van der Waals surface area contributed by atoms with Gasteiger partial charge in [0, 0.05) is 45.1 Å². The van der Waals surface area contributed by atoms with Gasteiger partial charge in [-0.3, -0.25) is 4.79 Å². The predicted molar refractivity (Wildman–Crippen MR) is 189 cm³/mol. The van der Waals surface area contributed by atoms with Gasteiger partial charge < -0.3 is 48.7 Å². The van der Waals surface area contributed by atoms with Crippen molar-refractivity contribution in [2.24, 2.45) is 23.5 Å². The molecule has 0 aromatic heterocycles. The van der Waals surface area contributed by atoms with Crippen LogP contribution in [0.4, 0.5) is 0 Å². The van der Waals surface area contributed by atoms with Gasteiger partial charge in [0.1, 0.15) is 41.9 Å². The van der Waals surface area contributed by atoms with Crippen molar-refractivity contribution < 1.29 is 47.8 Å². The summed E-state index contributed by atoms with van der Waals surface area (Å²) in [6, 6.07) is 0. The van der Waals surface area contributed by atoms with Crippen LogP contribution in [0, 0.1) is 17.8 Å². The van der Waals surface area contributed by atoms with E-state index in [1.807, 2.05) is 0 Å². The SMILES string of the molecule is C=C1C[C@@H]2CC[C@@]34C[C@]5(C)O[C@H]6[C@@H](O3)C3OC(CCC3O[C@H]6C5O4)CC(=O)C[C@H]3[C@H](CC4O[C@@H](CCC1O2)C[C@@H](C)C4=C)OC(C[C@H](O)CN)[C@@H]3C. The zero-order valence-electron chi connectivity index (χ0n) is 31.3. The van der Waals surface area contributed by atoms with Crippen molar-refractivity contribution in [3.8, 4) is 0 Å². The molecule has 10 fully saturated rings. The summed E-state index contributed by atoms with van der Waals surface area (Å²) in [5.41, 5.74) is 7.57. The fraction of sp³-hybridized carbons (Fsp3) is 0.878.